The molecule has 0 bridgehead atoms. The zero-order valence-electron chi connectivity index (χ0n) is 15.2. The number of carbonyl (C=O) groups is 1. The van der Waals surface area contributed by atoms with Crippen molar-refractivity contribution in [3.05, 3.63) is 65.4 Å². The van der Waals surface area contributed by atoms with Gasteiger partial charge < -0.3 is 10.4 Å². The Bertz CT molecular complexity index is 935. The molecule has 0 unspecified atom stereocenters. The Morgan fingerprint density at radius 2 is 1.96 bits per heavy atom. The highest BCUT2D eigenvalue weighted by atomic mass is 16.3. The van der Waals surface area contributed by atoms with Crippen LogP contribution in [0, 0.1) is 6.92 Å². The van der Waals surface area contributed by atoms with Crippen LogP contribution in [0.15, 0.2) is 48.7 Å². The summed E-state index contributed by atoms with van der Waals surface area (Å²) in [6.07, 6.45) is 3.50. The molecular formula is C22H24N2O2. The first-order chi connectivity index (χ1) is 12.7. The van der Waals surface area contributed by atoms with Gasteiger partial charge in [-0.3, -0.25) is 9.78 Å². The number of aryl methyl sites for hydroxylation is 1. The van der Waals surface area contributed by atoms with E-state index in [1.54, 1.807) is 6.20 Å². The van der Waals surface area contributed by atoms with Gasteiger partial charge in [0.05, 0.1) is 16.8 Å². The summed E-state index contributed by atoms with van der Waals surface area (Å²) in [7, 11) is 0. The number of hydrogen-bond acceptors (Lipinski definition) is 4. The van der Waals surface area contributed by atoms with Crippen LogP contribution in [0.25, 0.3) is 10.9 Å². The number of anilines is 2. The number of nitrogens with zero attached hydrogens (tertiary/aromatic N) is 1. The Morgan fingerprint density at radius 1 is 1.15 bits per heavy atom. The fourth-order valence-corrected chi connectivity index (χ4v) is 3.16. The highest BCUT2D eigenvalue weighted by Gasteiger charge is 2.17. The summed E-state index contributed by atoms with van der Waals surface area (Å²) in [6, 6.07) is 13.9. The summed E-state index contributed by atoms with van der Waals surface area (Å²) in [5, 5.41) is 13.7. The van der Waals surface area contributed by atoms with Crippen LogP contribution in [-0.2, 0) is 6.42 Å². The van der Waals surface area contributed by atoms with Crippen molar-refractivity contribution in [1.82, 2.24) is 4.98 Å². The molecule has 1 aromatic heterocycles. The summed E-state index contributed by atoms with van der Waals surface area (Å²) in [5.41, 5.74) is 5.29. The van der Waals surface area contributed by atoms with Crippen LogP contribution in [0.2, 0.25) is 0 Å². The van der Waals surface area contributed by atoms with Gasteiger partial charge >= 0.3 is 0 Å². The van der Waals surface area contributed by atoms with Crippen molar-refractivity contribution in [2.75, 3.05) is 11.9 Å². The molecule has 0 aliphatic rings. The van der Waals surface area contributed by atoms with Crippen LogP contribution in [-0.4, -0.2) is 22.5 Å². The largest absolute Gasteiger partial charge is 0.396 e. The first-order valence-corrected chi connectivity index (χ1v) is 9.03. The third kappa shape index (κ3) is 3.60. The van der Waals surface area contributed by atoms with Crippen LogP contribution in [0.3, 0.4) is 0 Å². The van der Waals surface area contributed by atoms with Gasteiger partial charge in [-0.15, -0.1) is 0 Å². The molecule has 0 saturated carbocycles. The number of ketones is 1. The molecule has 1 heterocycles. The molecule has 2 aromatic carbocycles. The number of benzene rings is 2. The van der Waals surface area contributed by atoms with Crippen LogP contribution >= 0.6 is 0 Å². The highest BCUT2D eigenvalue weighted by Crippen LogP contribution is 2.32. The second kappa shape index (κ2) is 8.11. The Kier molecular flexibility index (Phi) is 5.64. The molecule has 0 aliphatic heterocycles. The fourth-order valence-electron chi connectivity index (χ4n) is 3.16. The van der Waals surface area contributed by atoms with Gasteiger partial charge in [0.15, 0.2) is 5.78 Å². The molecule has 3 rings (SSSR count). The Hall–Kier alpha value is -2.72. The molecule has 0 atom stereocenters. The zero-order chi connectivity index (χ0) is 18.5. The van der Waals surface area contributed by atoms with E-state index in [1.807, 2.05) is 56.3 Å². The third-order valence-corrected chi connectivity index (χ3v) is 4.54. The molecule has 0 saturated heterocycles. The normalized spacial score (nSPS) is 10.9. The minimum atomic E-state index is 0.0673. The second-order valence-electron chi connectivity index (χ2n) is 6.45. The number of Topliss-reactive ketones (excluding diaryl/α,β-unsaturated/α-hetero) is 1. The number of rotatable bonds is 7. The molecule has 3 aromatic rings. The van der Waals surface area contributed by atoms with Crippen molar-refractivity contribution >= 4 is 28.1 Å². The molecular weight excluding hydrogens is 324 g/mol. The lowest BCUT2D eigenvalue weighted by atomic mass is 10.00. The molecule has 0 spiro atoms. The molecule has 0 fully saturated rings. The smallest absolute Gasteiger partial charge is 0.166 e. The fraction of sp³-hybridized carbons (Fsp3) is 0.273. The van der Waals surface area contributed by atoms with E-state index in [9.17, 15) is 9.90 Å². The van der Waals surface area contributed by atoms with E-state index in [0.717, 1.165) is 39.8 Å². The number of nitrogens with one attached hydrogen (secondary N) is 1. The summed E-state index contributed by atoms with van der Waals surface area (Å²) in [4.78, 5) is 17.2. The Labute approximate surface area is 153 Å². The number of fused-ring (bicyclic) bond motifs is 1. The van der Waals surface area contributed by atoms with E-state index in [1.165, 1.54) is 0 Å². The van der Waals surface area contributed by atoms with Gasteiger partial charge in [0.2, 0.25) is 0 Å². The summed E-state index contributed by atoms with van der Waals surface area (Å²) < 4.78 is 0. The van der Waals surface area contributed by atoms with E-state index < -0.39 is 0 Å². The van der Waals surface area contributed by atoms with Gasteiger partial charge in [-0.2, -0.15) is 0 Å². The minimum absolute atomic E-state index is 0.0673. The minimum Gasteiger partial charge on any atom is -0.396 e. The maximum absolute atomic E-state index is 12.7. The summed E-state index contributed by atoms with van der Waals surface area (Å²) in [5.74, 6) is 0.0885. The average Bonchev–Trinajstić information content (AvgIpc) is 2.64. The first-order valence-electron chi connectivity index (χ1n) is 9.03. The number of hydrogen-bond donors (Lipinski definition) is 2. The molecule has 4 nitrogen and oxygen atoms in total. The topological polar surface area (TPSA) is 62.2 Å². The molecule has 26 heavy (non-hydrogen) atoms. The lowest BCUT2D eigenvalue weighted by Crippen LogP contribution is -2.07. The highest BCUT2D eigenvalue weighted by molar-refractivity contribution is 6.09. The average molecular weight is 348 g/mol. The second-order valence-corrected chi connectivity index (χ2v) is 6.45. The van der Waals surface area contributed by atoms with Gasteiger partial charge in [0, 0.05) is 30.3 Å². The van der Waals surface area contributed by atoms with Crippen LogP contribution in [0.5, 0.6) is 0 Å². The van der Waals surface area contributed by atoms with E-state index in [-0.39, 0.29) is 12.4 Å². The Balaban J connectivity index is 2.20. The van der Waals surface area contributed by atoms with Gasteiger partial charge in [-0.1, -0.05) is 43.3 Å². The van der Waals surface area contributed by atoms with Crippen molar-refractivity contribution in [2.24, 2.45) is 0 Å². The van der Waals surface area contributed by atoms with Crippen molar-refractivity contribution in [1.29, 1.82) is 0 Å². The van der Waals surface area contributed by atoms with Gasteiger partial charge in [-0.05, 0) is 37.0 Å². The maximum Gasteiger partial charge on any atom is 0.166 e. The van der Waals surface area contributed by atoms with Crippen LogP contribution in [0.4, 0.5) is 11.4 Å². The number of pyridine rings is 1. The summed E-state index contributed by atoms with van der Waals surface area (Å²) >= 11 is 0. The van der Waals surface area contributed by atoms with Crippen molar-refractivity contribution in [2.45, 2.75) is 33.1 Å². The molecule has 134 valence electrons. The van der Waals surface area contributed by atoms with E-state index in [4.69, 9.17) is 0 Å². The van der Waals surface area contributed by atoms with Crippen molar-refractivity contribution in [3.63, 3.8) is 0 Å². The molecule has 0 aliphatic carbocycles. The number of carbonyl (C=O) groups excluding carboxylic acids is 1. The maximum atomic E-state index is 12.7. The van der Waals surface area contributed by atoms with Gasteiger partial charge in [0.1, 0.15) is 0 Å². The van der Waals surface area contributed by atoms with Gasteiger partial charge in [0.25, 0.3) is 0 Å². The SMILES string of the molecule is CCCC(=O)c1cnc2c(CCO)cccc2c1Nc1ccccc1C. The van der Waals surface area contributed by atoms with Crippen molar-refractivity contribution in [3.8, 4) is 0 Å². The van der Waals surface area contributed by atoms with E-state index in [0.29, 0.717) is 18.4 Å². The number of aliphatic hydroxyl groups excluding tert-OH is 1. The standard InChI is InChI=1S/C22H24N2O2/c1-3-7-20(26)18-14-23-21-16(12-13-25)9-6-10-17(21)22(18)24-19-11-5-4-8-15(19)2/h4-6,8-11,14,25H,3,7,12-13H2,1-2H3,(H,23,24). The third-order valence-electron chi connectivity index (χ3n) is 4.54. The predicted molar refractivity (Wildman–Crippen MR) is 106 cm³/mol. The number of para-hydroxylation sites is 2. The predicted octanol–water partition coefficient (Wildman–Crippen LogP) is 4.80. The van der Waals surface area contributed by atoms with E-state index >= 15 is 0 Å². The molecule has 0 amide bonds. The quantitative estimate of drug-likeness (QED) is 0.602. The molecule has 0 radical (unpaired) electrons. The lowest BCUT2D eigenvalue weighted by Gasteiger charge is -2.17. The monoisotopic (exact) mass is 348 g/mol. The van der Waals surface area contributed by atoms with Crippen LogP contribution < -0.4 is 5.32 Å². The van der Waals surface area contributed by atoms with Gasteiger partial charge in [-0.25, -0.2) is 0 Å². The van der Waals surface area contributed by atoms with E-state index in [2.05, 4.69) is 10.3 Å². The number of aliphatic hydroxyl groups is 1. The molecule has 2 N–H and O–H groups in total. The van der Waals surface area contributed by atoms with Crippen molar-refractivity contribution < 1.29 is 9.90 Å². The molecule has 4 heteroatoms. The summed E-state index contributed by atoms with van der Waals surface area (Å²) in [6.45, 7) is 4.11. The number of aromatic nitrogens is 1. The van der Waals surface area contributed by atoms with Crippen LogP contribution in [0.1, 0.15) is 41.3 Å². The lowest BCUT2D eigenvalue weighted by molar-refractivity contribution is 0.0982. The Morgan fingerprint density at radius 3 is 2.69 bits per heavy atom. The zero-order valence-corrected chi connectivity index (χ0v) is 15.2. The first kappa shape index (κ1) is 18.1.